The van der Waals surface area contributed by atoms with Gasteiger partial charge in [-0.05, 0) is 40.5 Å². The number of rotatable bonds is 2. The van der Waals surface area contributed by atoms with Crippen LogP contribution in [0.4, 0.5) is 0 Å². The molecule has 0 aromatic carbocycles. The molecule has 1 aromatic heterocycles. The molecule has 1 heterocycles. The summed E-state index contributed by atoms with van der Waals surface area (Å²) < 4.78 is 0.589. The number of nitrogens with zero attached hydrogens (tertiary/aromatic N) is 2. The van der Waals surface area contributed by atoms with Gasteiger partial charge in [0.1, 0.15) is 10.7 Å². The van der Waals surface area contributed by atoms with Gasteiger partial charge in [0, 0.05) is 6.20 Å². The van der Waals surface area contributed by atoms with E-state index >= 15 is 0 Å². The minimum absolute atomic E-state index is 0.556. The summed E-state index contributed by atoms with van der Waals surface area (Å²) in [5.74, 6) is 0. The van der Waals surface area contributed by atoms with Gasteiger partial charge in [-0.2, -0.15) is 5.26 Å². The average molecular weight is 226 g/mol. The van der Waals surface area contributed by atoms with Crippen LogP contribution in [0.1, 0.15) is 11.1 Å². The molecule has 0 fully saturated rings. The van der Waals surface area contributed by atoms with E-state index in [-0.39, 0.29) is 0 Å². The second-order valence-electron chi connectivity index (χ2n) is 2.33. The number of nitrogens with two attached hydrogens (primary N) is 1. The first-order valence-corrected chi connectivity index (χ1v) is 4.32. The van der Waals surface area contributed by atoms with Gasteiger partial charge in [-0.3, -0.25) is 0 Å². The number of hydrogen-bond acceptors (Lipinski definition) is 3. The van der Waals surface area contributed by atoms with Crippen molar-refractivity contribution in [3.63, 3.8) is 0 Å². The zero-order valence-corrected chi connectivity index (χ0v) is 8.00. The molecule has 0 spiro atoms. The Morgan fingerprint density at radius 3 is 3.00 bits per heavy atom. The van der Waals surface area contributed by atoms with Crippen molar-refractivity contribution in [2.24, 2.45) is 5.73 Å². The summed E-state index contributed by atoms with van der Waals surface area (Å²) in [6, 6.07) is 3.84. The van der Waals surface area contributed by atoms with Crippen LogP contribution in [0.3, 0.4) is 0 Å². The topological polar surface area (TPSA) is 62.7 Å². The predicted octanol–water partition coefficient (Wildman–Crippen LogP) is 1.22. The molecule has 62 valence electrons. The Morgan fingerprint density at radius 1 is 1.67 bits per heavy atom. The predicted molar refractivity (Wildman–Crippen MR) is 49.4 cm³/mol. The molecule has 1 rings (SSSR count). The monoisotopic (exact) mass is 225 g/mol. The van der Waals surface area contributed by atoms with Crippen molar-refractivity contribution in [2.45, 2.75) is 6.42 Å². The lowest BCUT2D eigenvalue weighted by Crippen LogP contribution is -2.03. The third-order valence-electron chi connectivity index (χ3n) is 1.45. The van der Waals surface area contributed by atoms with E-state index in [2.05, 4.69) is 20.9 Å². The maximum Gasteiger partial charge on any atom is 0.123 e. The SMILES string of the molecule is N#Cc1cc(CCN)cnc1Br. The summed E-state index contributed by atoms with van der Waals surface area (Å²) in [7, 11) is 0. The van der Waals surface area contributed by atoms with Crippen LogP contribution >= 0.6 is 15.9 Å². The van der Waals surface area contributed by atoms with E-state index in [1.807, 2.05) is 6.07 Å². The molecule has 0 aliphatic heterocycles. The highest BCUT2D eigenvalue weighted by atomic mass is 79.9. The van der Waals surface area contributed by atoms with Crippen LogP contribution in [-0.4, -0.2) is 11.5 Å². The molecule has 0 amide bonds. The first-order valence-electron chi connectivity index (χ1n) is 3.52. The van der Waals surface area contributed by atoms with Crippen LogP contribution in [0, 0.1) is 11.3 Å². The van der Waals surface area contributed by atoms with E-state index in [1.165, 1.54) is 0 Å². The summed E-state index contributed by atoms with van der Waals surface area (Å²) >= 11 is 3.18. The summed E-state index contributed by atoms with van der Waals surface area (Å²) in [6.45, 7) is 0.578. The quantitative estimate of drug-likeness (QED) is 0.771. The summed E-state index contributed by atoms with van der Waals surface area (Å²) in [5.41, 5.74) is 6.92. The molecule has 12 heavy (non-hydrogen) atoms. The maximum absolute atomic E-state index is 8.66. The highest BCUT2D eigenvalue weighted by molar-refractivity contribution is 9.10. The van der Waals surface area contributed by atoms with Crippen molar-refractivity contribution in [1.82, 2.24) is 4.98 Å². The van der Waals surface area contributed by atoms with Gasteiger partial charge in [0.15, 0.2) is 0 Å². The van der Waals surface area contributed by atoms with Crippen molar-refractivity contribution >= 4 is 15.9 Å². The van der Waals surface area contributed by atoms with E-state index in [0.29, 0.717) is 16.7 Å². The molecular weight excluding hydrogens is 218 g/mol. The maximum atomic E-state index is 8.66. The number of hydrogen-bond donors (Lipinski definition) is 1. The highest BCUT2D eigenvalue weighted by Crippen LogP contribution is 2.13. The molecule has 0 atom stereocenters. The second-order valence-corrected chi connectivity index (χ2v) is 3.08. The van der Waals surface area contributed by atoms with Crippen LogP contribution in [0.5, 0.6) is 0 Å². The largest absolute Gasteiger partial charge is 0.330 e. The third-order valence-corrected chi connectivity index (χ3v) is 2.08. The summed E-state index contributed by atoms with van der Waals surface area (Å²) in [4.78, 5) is 4.01. The van der Waals surface area contributed by atoms with Gasteiger partial charge in [-0.1, -0.05) is 0 Å². The van der Waals surface area contributed by atoms with Gasteiger partial charge in [-0.25, -0.2) is 4.98 Å². The Morgan fingerprint density at radius 2 is 2.42 bits per heavy atom. The van der Waals surface area contributed by atoms with Gasteiger partial charge >= 0.3 is 0 Å². The zero-order valence-electron chi connectivity index (χ0n) is 6.42. The van der Waals surface area contributed by atoms with Crippen molar-refractivity contribution < 1.29 is 0 Å². The Balaban J connectivity index is 2.99. The van der Waals surface area contributed by atoms with Gasteiger partial charge in [0.25, 0.3) is 0 Å². The number of pyridine rings is 1. The highest BCUT2D eigenvalue weighted by Gasteiger charge is 2.00. The fraction of sp³-hybridized carbons (Fsp3) is 0.250. The number of halogens is 1. The normalized spacial score (nSPS) is 9.42. The molecule has 0 saturated carbocycles. The van der Waals surface area contributed by atoms with Gasteiger partial charge < -0.3 is 5.73 Å². The van der Waals surface area contributed by atoms with Gasteiger partial charge in [0.2, 0.25) is 0 Å². The fourth-order valence-electron chi connectivity index (χ4n) is 0.873. The lowest BCUT2D eigenvalue weighted by molar-refractivity contribution is 0.954. The second kappa shape index (κ2) is 4.19. The van der Waals surface area contributed by atoms with E-state index < -0.39 is 0 Å². The van der Waals surface area contributed by atoms with Gasteiger partial charge in [0.05, 0.1) is 5.56 Å². The molecule has 0 radical (unpaired) electrons. The minimum Gasteiger partial charge on any atom is -0.330 e. The Kier molecular flexibility index (Phi) is 3.20. The number of aromatic nitrogens is 1. The van der Waals surface area contributed by atoms with Crippen LogP contribution in [0.25, 0.3) is 0 Å². The molecule has 0 aliphatic rings. The van der Waals surface area contributed by atoms with E-state index in [0.717, 1.165) is 12.0 Å². The first kappa shape index (κ1) is 9.17. The van der Waals surface area contributed by atoms with Crippen molar-refractivity contribution in [3.8, 4) is 6.07 Å². The van der Waals surface area contributed by atoms with Crippen molar-refractivity contribution in [2.75, 3.05) is 6.54 Å². The summed E-state index contributed by atoms with van der Waals surface area (Å²) in [6.07, 6.45) is 2.48. The van der Waals surface area contributed by atoms with E-state index in [9.17, 15) is 0 Å². The van der Waals surface area contributed by atoms with Crippen LogP contribution in [-0.2, 0) is 6.42 Å². The third kappa shape index (κ3) is 2.03. The van der Waals surface area contributed by atoms with Crippen LogP contribution < -0.4 is 5.73 Å². The number of nitriles is 1. The summed E-state index contributed by atoms with van der Waals surface area (Å²) in [5, 5.41) is 8.66. The van der Waals surface area contributed by atoms with Crippen molar-refractivity contribution in [1.29, 1.82) is 5.26 Å². The van der Waals surface area contributed by atoms with Crippen molar-refractivity contribution in [3.05, 3.63) is 28.0 Å². The minimum atomic E-state index is 0.556. The molecule has 0 bridgehead atoms. The Hall–Kier alpha value is -0.920. The molecule has 0 saturated heterocycles. The molecule has 0 aliphatic carbocycles. The average Bonchev–Trinajstić information content (AvgIpc) is 2.09. The Bertz CT molecular complexity index is 317. The first-order chi connectivity index (χ1) is 5.77. The molecule has 0 unspecified atom stereocenters. The standard InChI is InChI=1S/C8H8BrN3/c9-8-7(4-11)3-6(1-2-10)5-12-8/h3,5H,1-2,10H2. The van der Waals surface area contributed by atoms with E-state index in [4.69, 9.17) is 11.0 Å². The molecular formula is C8H8BrN3. The fourth-order valence-corrected chi connectivity index (χ4v) is 1.18. The van der Waals surface area contributed by atoms with Gasteiger partial charge in [-0.15, -0.1) is 0 Å². The lowest BCUT2D eigenvalue weighted by Gasteiger charge is -1.99. The molecule has 3 nitrogen and oxygen atoms in total. The molecule has 2 N–H and O–H groups in total. The Labute approximate surface area is 79.3 Å². The zero-order chi connectivity index (χ0) is 8.97. The molecule has 4 heteroatoms. The van der Waals surface area contributed by atoms with E-state index in [1.54, 1.807) is 12.3 Å². The molecule has 1 aromatic rings. The van der Waals surface area contributed by atoms with Crippen LogP contribution in [0.2, 0.25) is 0 Å². The smallest absolute Gasteiger partial charge is 0.123 e. The lowest BCUT2D eigenvalue weighted by atomic mass is 10.2. The van der Waals surface area contributed by atoms with Crippen LogP contribution in [0.15, 0.2) is 16.9 Å².